The first-order valence-electron chi connectivity index (χ1n) is 9.04. The van der Waals surface area contributed by atoms with E-state index in [9.17, 15) is 0 Å². The molecule has 2 aromatic carbocycles. The standard InChI is InChI=1S/C21H25N5O2/c1-27-17-9-8-15(12-18(17)28-2)10-11-23-20-19(22)21(26-14-25-20)24-13-16-6-4-3-5-7-16/h3-9,12,14H,10-11,13,22H2,1-2H3,(H2,23,24,25,26). The van der Waals surface area contributed by atoms with Gasteiger partial charge in [-0.2, -0.15) is 0 Å². The minimum atomic E-state index is 0.505. The number of anilines is 3. The zero-order chi connectivity index (χ0) is 19.8. The molecular formula is C21H25N5O2. The summed E-state index contributed by atoms with van der Waals surface area (Å²) in [6.07, 6.45) is 2.29. The fourth-order valence-electron chi connectivity index (χ4n) is 2.82. The molecule has 0 saturated carbocycles. The van der Waals surface area contributed by atoms with Gasteiger partial charge in [-0.15, -0.1) is 0 Å². The van der Waals surface area contributed by atoms with Gasteiger partial charge in [0.05, 0.1) is 14.2 Å². The smallest absolute Gasteiger partial charge is 0.160 e. The van der Waals surface area contributed by atoms with Gasteiger partial charge in [-0.1, -0.05) is 36.4 Å². The third-order valence-corrected chi connectivity index (χ3v) is 4.34. The summed E-state index contributed by atoms with van der Waals surface area (Å²) < 4.78 is 10.6. The fourth-order valence-corrected chi connectivity index (χ4v) is 2.82. The van der Waals surface area contributed by atoms with E-state index in [1.165, 1.54) is 6.33 Å². The van der Waals surface area contributed by atoms with Gasteiger partial charge in [0.1, 0.15) is 12.0 Å². The Balaban J connectivity index is 1.59. The summed E-state index contributed by atoms with van der Waals surface area (Å²) in [6.45, 7) is 1.32. The number of hydrogen-bond donors (Lipinski definition) is 3. The average molecular weight is 379 g/mol. The summed E-state index contributed by atoms with van der Waals surface area (Å²) in [4.78, 5) is 8.50. The third-order valence-electron chi connectivity index (χ3n) is 4.34. The first-order chi connectivity index (χ1) is 13.7. The van der Waals surface area contributed by atoms with Crippen molar-refractivity contribution in [2.45, 2.75) is 13.0 Å². The van der Waals surface area contributed by atoms with Gasteiger partial charge in [0.15, 0.2) is 23.1 Å². The Hall–Kier alpha value is -3.48. The van der Waals surface area contributed by atoms with Crippen LogP contribution in [-0.2, 0) is 13.0 Å². The number of rotatable bonds is 9. The summed E-state index contributed by atoms with van der Waals surface area (Å²) in [5, 5.41) is 6.54. The maximum absolute atomic E-state index is 6.22. The summed E-state index contributed by atoms with van der Waals surface area (Å²) in [5.41, 5.74) is 9.01. The van der Waals surface area contributed by atoms with Crippen LogP contribution in [0.15, 0.2) is 54.9 Å². The zero-order valence-electron chi connectivity index (χ0n) is 16.1. The first-order valence-corrected chi connectivity index (χ1v) is 9.04. The highest BCUT2D eigenvalue weighted by Gasteiger charge is 2.08. The van der Waals surface area contributed by atoms with Gasteiger partial charge < -0.3 is 25.8 Å². The Labute approximate surface area is 164 Å². The zero-order valence-corrected chi connectivity index (χ0v) is 16.1. The average Bonchev–Trinajstić information content (AvgIpc) is 2.74. The lowest BCUT2D eigenvalue weighted by atomic mass is 10.1. The quantitative estimate of drug-likeness (QED) is 0.525. The van der Waals surface area contributed by atoms with Crippen LogP contribution in [0.4, 0.5) is 17.3 Å². The normalized spacial score (nSPS) is 10.4. The Morgan fingerprint density at radius 1 is 0.857 bits per heavy atom. The Morgan fingerprint density at radius 3 is 2.29 bits per heavy atom. The number of aromatic nitrogens is 2. The van der Waals surface area contributed by atoms with Crippen molar-refractivity contribution >= 4 is 17.3 Å². The molecule has 28 heavy (non-hydrogen) atoms. The molecule has 0 fully saturated rings. The van der Waals surface area contributed by atoms with E-state index in [4.69, 9.17) is 15.2 Å². The number of benzene rings is 2. The van der Waals surface area contributed by atoms with E-state index in [0.717, 1.165) is 17.5 Å². The predicted molar refractivity (Wildman–Crippen MR) is 112 cm³/mol. The maximum atomic E-state index is 6.22. The van der Waals surface area contributed by atoms with Crippen molar-refractivity contribution in [2.24, 2.45) is 0 Å². The highest BCUT2D eigenvalue weighted by atomic mass is 16.5. The molecule has 7 heteroatoms. The fraction of sp³-hybridized carbons (Fsp3) is 0.238. The van der Waals surface area contributed by atoms with E-state index in [-0.39, 0.29) is 0 Å². The summed E-state index contributed by atoms with van der Waals surface area (Å²) in [5.74, 6) is 2.67. The minimum Gasteiger partial charge on any atom is -0.493 e. The van der Waals surface area contributed by atoms with Gasteiger partial charge in [0, 0.05) is 13.1 Å². The van der Waals surface area contributed by atoms with Crippen molar-refractivity contribution in [1.82, 2.24) is 9.97 Å². The minimum absolute atomic E-state index is 0.505. The molecule has 0 spiro atoms. The Bertz CT molecular complexity index is 903. The molecule has 0 aliphatic heterocycles. The lowest BCUT2D eigenvalue weighted by Gasteiger charge is -2.13. The van der Waals surface area contributed by atoms with Crippen LogP contribution in [0.25, 0.3) is 0 Å². The summed E-state index contributed by atoms with van der Waals surface area (Å²) in [6, 6.07) is 16.0. The molecule has 1 heterocycles. The molecule has 0 aliphatic rings. The van der Waals surface area contributed by atoms with Crippen molar-refractivity contribution < 1.29 is 9.47 Å². The molecule has 3 aromatic rings. The number of ether oxygens (including phenoxy) is 2. The number of nitrogens with zero attached hydrogens (tertiary/aromatic N) is 2. The van der Waals surface area contributed by atoms with E-state index in [2.05, 4.69) is 20.6 Å². The van der Waals surface area contributed by atoms with Crippen molar-refractivity contribution in [1.29, 1.82) is 0 Å². The number of nitrogen functional groups attached to an aromatic ring is 1. The second-order valence-corrected chi connectivity index (χ2v) is 6.19. The highest BCUT2D eigenvalue weighted by Crippen LogP contribution is 2.28. The van der Waals surface area contributed by atoms with E-state index >= 15 is 0 Å². The number of nitrogens with one attached hydrogen (secondary N) is 2. The van der Waals surface area contributed by atoms with Crippen LogP contribution in [-0.4, -0.2) is 30.7 Å². The van der Waals surface area contributed by atoms with Crippen LogP contribution in [0, 0.1) is 0 Å². The van der Waals surface area contributed by atoms with Gasteiger partial charge in [0.2, 0.25) is 0 Å². The van der Waals surface area contributed by atoms with Crippen molar-refractivity contribution in [2.75, 3.05) is 37.1 Å². The van der Waals surface area contributed by atoms with Gasteiger partial charge in [0.25, 0.3) is 0 Å². The molecule has 0 amide bonds. The van der Waals surface area contributed by atoms with Crippen LogP contribution >= 0.6 is 0 Å². The van der Waals surface area contributed by atoms with Crippen LogP contribution in [0.5, 0.6) is 11.5 Å². The summed E-state index contributed by atoms with van der Waals surface area (Å²) >= 11 is 0. The molecule has 0 bridgehead atoms. The largest absolute Gasteiger partial charge is 0.493 e. The van der Waals surface area contributed by atoms with E-state index in [0.29, 0.717) is 41.9 Å². The van der Waals surface area contributed by atoms with Crippen molar-refractivity contribution in [3.05, 3.63) is 66.0 Å². The SMILES string of the molecule is COc1ccc(CCNc2ncnc(NCc3ccccc3)c2N)cc1OC. The molecule has 0 saturated heterocycles. The Kier molecular flexibility index (Phi) is 6.51. The summed E-state index contributed by atoms with van der Waals surface area (Å²) in [7, 11) is 3.26. The molecule has 3 rings (SSSR count). The second-order valence-electron chi connectivity index (χ2n) is 6.19. The third kappa shape index (κ3) is 4.82. The molecule has 1 aromatic heterocycles. The number of hydrogen-bond acceptors (Lipinski definition) is 7. The van der Waals surface area contributed by atoms with E-state index in [1.54, 1.807) is 14.2 Å². The topological polar surface area (TPSA) is 94.3 Å². The van der Waals surface area contributed by atoms with Crippen LogP contribution in [0.3, 0.4) is 0 Å². The molecule has 0 aliphatic carbocycles. The predicted octanol–water partition coefficient (Wildman–Crippen LogP) is 3.34. The molecule has 7 nitrogen and oxygen atoms in total. The van der Waals surface area contributed by atoms with Crippen LogP contribution < -0.4 is 25.8 Å². The maximum Gasteiger partial charge on any atom is 0.160 e. The van der Waals surface area contributed by atoms with E-state index in [1.807, 2.05) is 48.5 Å². The molecule has 0 unspecified atom stereocenters. The van der Waals surface area contributed by atoms with Gasteiger partial charge >= 0.3 is 0 Å². The molecule has 0 radical (unpaired) electrons. The number of nitrogens with two attached hydrogens (primary N) is 1. The highest BCUT2D eigenvalue weighted by molar-refractivity contribution is 5.74. The number of methoxy groups -OCH3 is 2. The van der Waals surface area contributed by atoms with Gasteiger partial charge in [-0.3, -0.25) is 0 Å². The van der Waals surface area contributed by atoms with E-state index < -0.39 is 0 Å². The lowest BCUT2D eigenvalue weighted by molar-refractivity contribution is 0.354. The van der Waals surface area contributed by atoms with Crippen molar-refractivity contribution in [3.63, 3.8) is 0 Å². The molecule has 146 valence electrons. The first kappa shape index (κ1) is 19.3. The van der Waals surface area contributed by atoms with Crippen LogP contribution in [0.1, 0.15) is 11.1 Å². The Morgan fingerprint density at radius 2 is 1.57 bits per heavy atom. The van der Waals surface area contributed by atoms with Crippen LogP contribution in [0.2, 0.25) is 0 Å². The monoisotopic (exact) mass is 379 g/mol. The lowest BCUT2D eigenvalue weighted by Crippen LogP contribution is -2.12. The molecule has 4 N–H and O–H groups in total. The second kappa shape index (κ2) is 9.45. The molecule has 0 atom stereocenters. The van der Waals surface area contributed by atoms with Gasteiger partial charge in [-0.25, -0.2) is 9.97 Å². The molecular weight excluding hydrogens is 354 g/mol. The van der Waals surface area contributed by atoms with Gasteiger partial charge in [-0.05, 0) is 29.7 Å². The van der Waals surface area contributed by atoms with Crippen molar-refractivity contribution in [3.8, 4) is 11.5 Å².